The van der Waals surface area contributed by atoms with Crippen LogP contribution in [-0.2, 0) is 0 Å². The maximum absolute atomic E-state index is 5.29. The molecule has 11 rings (SSSR count). The summed E-state index contributed by atoms with van der Waals surface area (Å²) in [4.78, 5) is 15.8. The van der Waals surface area contributed by atoms with Gasteiger partial charge < -0.3 is 0 Å². The molecule has 0 spiro atoms. The topological polar surface area (TPSA) is 38.7 Å². The minimum absolute atomic E-state index is 0.897. The number of rotatable bonds is 6. The summed E-state index contributed by atoms with van der Waals surface area (Å²) in [6, 6.07) is 75.1. The summed E-state index contributed by atoms with van der Waals surface area (Å²) in [5, 5.41) is 5.74. The van der Waals surface area contributed by atoms with Gasteiger partial charge in [-0.2, -0.15) is 0 Å². The van der Waals surface area contributed by atoms with Gasteiger partial charge in [0.25, 0.3) is 0 Å². The second-order valence-electron chi connectivity index (χ2n) is 14.8. The second kappa shape index (κ2) is 14.1. The smallest absolute Gasteiger partial charge is 0.0978 e. The zero-order valence-corrected chi connectivity index (χ0v) is 31.5. The van der Waals surface area contributed by atoms with Crippen molar-refractivity contribution in [2.75, 3.05) is 0 Å². The summed E-state index contributed by atoms with van der Waals surface area (Å²) in [6.07, 6.45) is 0. The van der Waals surface area contributed by atoms with Crippen LogP contribution in [0.3, 0.4) is 0 Å². The molecule has 3 heteroatoms. The van der Waals surface area contributed by atoms with E-state index in [4.69, 9.17) is 15.0 Å². The van der Waals surface area contributed by atoms with Crippen LogP contribution in [0.2, 0.25) is 0 Å². The molecule has 0 fully saturated rings. The van der Waals surface area contributed by atoms with E-state index in [1.165, 1.54) is 27.3 Å². The van der Waals surface area contributed by atoms with Crippen LogP contribution in [0.5, 0.6) is 0 Å². The van der Waals surface area contributed by atoms with Gasteiger partial charge in [0.15, 0.2) is 0 Å². The molecule has 0 aliphatic heterocycles. The molecular formula is C55H35N3. The average molecular weight is 738 g/mol. The van der Waals surface area contributed by atoms with Gasteiger partial charge in [-0.15, -0.1) is 0 Å². The first-order valence-corrected chi connectivity index (χ1v) is 19.7. The standard InChI is InChI=1S/C55H35N3/c1-4-13-37(14-5-1)48-35-52(56-51-31-27-38-15-10-11-22-45(38)53(48)51)43-21-12-20-42(33-43)36-23-25-39(26-24-36)47-34-44-28-30-49(40-16-6-2-7-17-40)57-54(44)55-46(47)29-32-50(58-55)41-18-8-3-9-19-41/h1-35H. The van der Waals surface area contributed by atoms with E-state index < -0.39 is 0 Å². The number of pyridine rings is 3. The lowest BCUT2D eigenvalue weighted by atomic mass is 9.93. The Morgan fingerprint density at radius 1 is 0.259 bits per heavy atom. The van der Waals surface area contributed by atoms with E-state index in [0.29, 0.717) is 0 Å². The Labute approximate surface area is 336 Å². The lowest BCUT2D eigenvalue weighted by Crippen LogP contribution is -1.93. The van der Waals surface area contributed by atoms with Crippen molar-refractivity contribution in [1.29, 1.82) is 0 Å². The van der Waals surface area contributed by atoms with Gasteiger partial charge in [0.1, 0.15) is 0 Å². The number of benzene rings is 8. The molecule has 0 amide bonds. The van der Waals surface area contributed by atoms with Crippen LogP contribution < -0.4 is 0 Å². The Kier molecular flexibility index (Phi) is 8.15. The molecule has 0 unspecified atom stereocenters. The fraction of sp³-hybridized carbons (Fsp3) is 0. The van der Waals surface area contributed by atoms with Crippen molar-refractivity contribution in [3.63, 3.8) is 0 Å². The largest absolute Gasteiger partial charge is 0.248 e. The van der Waals surface area contributed by atoms with Crippen molar-refractivity contribution < 1.29 is 0 Å². The summed E-state index contributed by atoms with van der Waals surface area (Å²) in [5.74, 6) is 0. The highest BCUT2D eigenvalue weighted by Gasteiger charge is 2.16. The summed E-state index contributed by atoms with van der Waals surface area (Å²) in [5.41, 5.74) is 15.8. The highest BCUT2D eigenvalue weighted by atomic mass is 14.8. The van der Waals surface area contributed by atoms with Crippen molar-refractivity contribution in [2.24, 2.45) is 0 Å². The molecule has 11 aromatic rings. The quantitative estimate of drug-likeness (QED) is 0.160. The Balaban J connectivity index is 1.00. The van der Waals surface area contributed by atoms with Crippen LogP contribution in [0.1, 0.15) is 0 Å². The molecule has 0 saturated heterocycles. The first-order valence-electron chi connectivity index (χ1n) is 19.7. The Bertz CT molecular complexity index is 3300. The molecule has 0 radical (unpaired) electrons. The predicted molar refractivity (Wildman–Crippen MR) is 242 cm³/mol. The molecule has 0 aliphatic rings. The highest BCUT2D eigenvalue weighted by molar-refractivity contribution is 6.14. The molecule has 3 nitrogen and oxygen atoms in total. The fourth-order valence-corrected chi connectivity index (χ4v) is 8.35. The summed E-state index contributed by atoms with van der Waals surface area (Å²) in [7, 11) is 0. The van der Waals surface area contributed by atoms with Crippen LogP contribution in [0.25, 0.3) is 111 Å². The number of hydrogen-bond donors (Lipinski definition) is 0. The predicted octanol–water partition coefficient (Wildman–Crippen LogP) is 14.5. The van der Waals surface area contributed by atoms with Crippen LogP contribution in [0.4, 0.5) is 0 Å². The van der Waals surface area contributed by atoms with Gasteiger partial charge in [-0.1, -0.05) is 170 Å². The molecule has 8 aromatic carbocycles. The molecule has 0 aliphatic carbocycles. The van der Waals surface area contributed by atoms with E-state index in [1.54, 1.807) is 0 Å². The lowest BCUT2D eigenvalue weighted by Gasteiger charge is -2.14. The monoisotopic (exact) mass is 737 g/mol. The van der Waals surface area contributed by atoms with Crippen molar-refractivity contribution in [2.45, 2.75) is 0 Å². The first-order chi connectivity index (χ1) is 28.7. The van der Waals surface area contributed by atoms with Crippen molar-refractivity contribution in [3.8, 4) is 67.2 Å². The van der Waals surface area contributed by atoms with Crippen molar-refractivity contribution in [1.82, 2.24) is 15.0 Å². The zero-order valence-electron chi connectivity index (χ0n) is 31.5. The Hall–Kier alpha value is -7.75. The van der Waals surface area contributed by atoms with Gasteiger partial charge in [-0.05, 0) is 86.6 Å². The van der Waals surface area contributed by atoms with Crippen molar-refractivity contribution >= 4 is 43.5 Å². The van der Waals surface area contributed by atoms with Gasteiger partial charge in [0, 0.05) is 32.8 Å². The van der Waals surface area contributed by atoms with E-state index in [2.05, 4.69) is 200 Å². The average Bonchev–Trinajstić information content (AvgIpc) is 3.31. The highest BCUT2D eigenvalue weighted by Crippen LogP contribution is 2.39. The molecule has 0 N–H and O–H groups in total. The van der Waals surface area contributed by atoms with E-state index in [-0.39, 0.29) is 0 Å². The molecule has 0 bridgehead atoms. The van der Waals surface area contributed by atoms with Gasteiger partial charge >= 0.3 is 0 Å². The second-order valence-corrected chi connectivity index (χ2v) is 14.8. The maximum atomic E-state index is 5.29. The summed E-state index contributed by atoms with van der Waals surface area (Å²) < 4.78 is 0. The molecule has 3 heterocycles. The first kappa shape index (κ1) is 33.6. The maximum Gasteiger partial charge on any atom is 0.0978 e. The Morgan fingerprint density at radius 2 is 0.828 bits per heavy atom. The normalized spacial score (nSPS) is 11.4. The molecule has 0 saturated carbocycles. The summed E-state index contributed by atoms with van der Waals surface area (Å²) >= 11 is 0. The SMILES string of the molecule is c1ccc(-c2ccc3cc(-c4ccc(-c5cccc(-c6cc(-c7ccccc7)c7c(ccc8ccccc87)n6)c5)cc4)c4ccc(-c5ccccc5)nc4c3n2)cc1. The van der Waals surface area contributed by atoms with Gasteiger partial charge in [0.2, 0.25) is 0 Å². The van der Waals surface area contributed by atoms with Crippen LogP contribution >= 0.6 is 0 Å². The molecule has 3 aromatic heterocycles. The van der Waals surface area contributed by atoms with Gasteiger partial charge in [-0.3, -0.25) is 0 Å². The van der Waals surface area contributed by atoms with Crippen LogP contribution in [0.15, 0.2) is 212 Å². The van der Waals surface area contributed by atoms with E-state index in [1.807, 2.05) is 12.1 Å². The number of fused-ring (bicyclic) bond motifs is 6. The van der Waals surface area contributed by atoms with Gasteiger partial charge in [0.05, 0.1) is 33.6 Å². The third-order valence-electron chi connectivity index (χ3n) is 11.2. The number of hydrogen-bond acceptors (Lipinski definition) is 3. The third-order valence-corrected chi connectivity index (χ3v) is 11.2. The zero-order chi connectivity index (χ0) is 38.4. The molecule has 0 atom stereocenters. The Morgan fingerprint density at radius 3 is 1.57 bits per heavy atom. The number of nitrogens with zero attached hydrogens (tertiary/aromatic N) is 3. The van der Waals surface area contributed by atoms with Crippen molar-refractivity contribution in [3.05, 3.63) is 212 Å². The summed E-state index contributed by atoms with van der Waals surface area (Å²) in [6.45, 7) is 0. The number of aromatic nitrogens is 3. The molecule has 270 valence electrons. The van der Waals surface area contributed by atoms with E-state index >= 15 is 0 Å². The van der Waals surface area contributed by atoms with E-state index in [9.17, 15) is 0 Å². The fourth-order valence-electron chi connectivity index (χ4n) is 8.35. The minimum Gasteiger partial charge on any atom is -0.248 e. The van der Waals surface area contributed by atoms with Crippen LogP contribution in [0, 0.1) is 0 Å². The minimum atomic E-state index is 0.897. The molecule has 58 heavy (non-hydrogen) atoms. The lowest BCUT2D eigenvalue weighted by molar-refractivity contribution is 1.36. The van der Waals surface area contributed by atoms with E-state index in [0.717, 1.165) is 83.3 Å². The van der Waals surface area contributed by atoms with Crippen LogP contribution in [-0.4, -0.2) is 15.0 Å². The van der Waals surface area contributed by atoms with Gasteiger partial charge in [-0.25, -0.2) is 15.0 Å². The third kappa shape index (κ3) is 5.98. The molecular weight excluding hydrogens is 703 g/mol.